The summed E-state index contributed by atoms with van der Waals surface area (Å²) in [6.07, 6.45) is -0.315. The van der Waals surface area contributed by atoms with Gasteiger partial charge in [-0.1, -0.05) is 13.2 Å². The number of hydrogen-bond donors (Lipinski definition) is 7. The summed E-state index contributed by atoms with van der Waals surface area (Å²) in [5, 5.41) is 42.9. The van der Waals surface area contributed by atoms with Crippen LogP contribution < -0.4 is 17.2 Å². The van der Waals surface area contributed by atoms with Gasteiger partial charge in [0.1, 0.15) is 22.9 Å². The fourth-order valence-electron chi connectivity index (χ4n) is 5.09. The van der Waals surface area contributed by atoms with Crippen molar-refractivity contribution >= 4 is 17.5 Å². The molecule has 0 bridgehead atoms. The number of ketones is 2. The fourth-order valence-corrected chi connectivity index (χ4v) is 5.09. The highest BCUT2D eigenvalue weighted by Gasteiger charge is 2.65. The zero-order valence-electron chi connectivity index (χ0n) is 17.3. The summed E-state index contributed by atoms with van der Waals surface area (Å²) in [4.78, 5) is 38.3. The van der Waals surface area contributed by atoms with Crippen molar-refractivity contribution in [3.8, 4) is 0 Å². The van der Waals surface area contributed by atoms with Crippen molar-refractivity contribution in [2.24, 2.45) is 28.5 Å². The molecule has 0 fully saturated rings. The number of primary amides is 1. The van der Waals surface area contributed by atoms with Crippen LogP contribution in [0.25, 0.3) is 0 Å². The zero-order chi connectivity index (χ0) is 24.3. The second kappa shape index (κ2) is 7.33. The van der Waals surface area contributed by atoms with Crippen molar-refractivity contribution in [1.82, 2.24) is 0 Å². The third-order valence-corrected chi connectivity index (χ3v) is 6.47. The van der Waals surface area contributed by atoms with Crippen LogP contribution in [0.5, 0.6) is 0 Å². The standard InChI is InChI=1S/C21H25N3O8/c1-7(22)9-4-20(6-32-3)5-10-14(23)16(27)12(19(24)30)17(28)21(10,31)18(29)13(20)15(26)11(9)8(2)25/h10,14,25,27,29,31H,1-2,4-6,22-23H2,3H3,(H2,24,30)/t10-,14-,20-,21+/m0/s1. The first kappa shape index (κ1) is 23.3. The lowest BCUT2D eigenvalue weighted by Crippen LogP contribution is -2.65. The van der Waals surface area contributed by atoms with Gasteiger partial charge in [0.2, 0.25) is 5.78 Å². The van der Waals surface area contributed by atoms with Gasteiger partial charge in [-0.25, -0.2) is 0 Å². The van der Waals surface area contributed by atoms with Gasteiger partial charge in [0.15, 0.2) is 11.4 Å². The van der Waals surface area contributed by atoms with Crippen molar-refractivity contribution in [2.45, 2.75) is 24.5 Å². The van der Waals surface area contributed by atoms with Gasteiger partial charge in [-0.15, -0.1) is 0 Å². The molecule has 0 radical (unpaired) electrons. The molecule has 11 heteroatoms. The molecular weight excluding hydrogens is 422 g/mol. The predicted molar refractivity (Wildman–Crippen MR) is 111 cm³/mol. The van der Waals surface area contributed by atoms with Crippen LogP contribution in [0.4, 0.5) is 0 Å². The fraction of sp³-hybridized carbons (Fsp3) is 0.381. The molecule has 10 N–H and O–H groups in total. The minimum atomic E-state index is -2.82. The summed E-state index contributed by atoms with van der Waals surface area (Å²) < 4.78 is 5.29. The number of ether oxygens (including phenoxy) is 1. The summed E-state index contributed by atoms with van der Waals surface area (Å²) in [5.41, 5.74) is 11.3. The van der Waals surface area contributed by atoms with Gasteiger partial charge in [-0.05, 0) is 18.4 Å². The number of aliphatic hydroxyl groups is 4. The Hall–Kier alpha value is -3.41. The number of allylic oxidation sites excluding steroid dienone is 2. The van der Waals surface area contributed by atoms with Crippen LogP contribution in [-0.2, 0) is 19.1 Å². The zero-order valence-corrected chi connectivity index (χ0v) is 17.3. The topological polar surface area (TPSA) is 219 Å². The summed E-state index contributed by atoms with van der Waals surface area (Å²) in [6, 6.07) is -1.48. The molecule has 1 amide bonds. The third kappa shape index (κ3) is 2.82. The van der Waals surface area contributed by atoms with Crippen molar-refractivity contribution < 1.29 is 39.5 Å². The Labute approximate surface area is 182 Å². The van der Waals surface area contributed by atoms with E-state index in [9.17, 15) is 34.8 Å². The molecule has 4 atom stereocenters. The number of carbonyl (C=O) groups excluding carboxylic acids is 3. The average molecular weight is 447 g/mol. The monoisotopic (exact) mass is 447 g/mol. The first-order valence-electron chi connectivity index (χ1n) is 9.55. The number of fused-ring (bicyclic) bond motifs is 2. The van der Waals surface area contributed by atoms with E-state index in [-0.39, 0.29) is 36.3 Å². The van der Waals surface area contributed by atoms with E-state index >= 15 is 0 Å². The first-order valence-corrected chi connectivity index (χ1v) is 9.55. The van der Waals surface area contributed by atoms with Crippen LogP contribution in [0.1, 0.15) is 12.8 Å². The lowest BCUT2D eigenvalue weighted by molar-refractivity contribution is -0.149. The Balaban J connectivity index is 2.39. The minimum absolute atomic E-state index is 0.0406. The maximum atomic E-state index is 13.4. The van der Waals surface area contributed by atoms with Crippen molar-refractivity contribution in [3.63, 3.8) is 0 Å². The molecular formula is C21H25N3O8. The quantitative estimate of drug-likeness (QED) is 0.205. The molecule has 0 aromatic heterocycles. The van der Waals surface area contributed by atoms with E-state index in [4.69, 9.17) is 21.9 Å². The van der Waals surface area contributed by atoms with Crippen LogP contribution in [-0.4, -0.2) is 63.3 Å². The van der Waals surface area contributed by atoms with Crippen LogP contribution in [0.2, 0.25) is 0 Å². The number of carbonyl (C=O) groups is 3. The lowest BCUT2D eigenvalue weighted by Gasteiger charge is -2.52. The Kier molecular flexibility index (Phi) is 5.33. The molecule has 3 aliphatic rings. The van der Waals surface area contributed by atoms with Gasteiger partial charge in [-0.3, -0.25) is 14.4 Å². The van der Waals surface area contributed by atoms with E-state index in [1.807, 2.05) is 0 Å². The molecule has 11 nitrogen and oxygen atoms in total. The SMILES string of the molecule is C=C(N)C1=C(C(=C)O)C(=O)C2=C(O)[C@]3(O)C(=O)C(C(N)=O)=C(O)[C@@H](N)[C@@H]3C[C@]2(COC)C1. The number of amides is 1. The molecule has 3 aliphatic carbocycles. The number of aliphatic hydroxyl groups excluding tert-OH is 3. The first-order chi connectivity index (χ1) is 14.8. The van der Waals surface area contributed by atoms with Crippen LogP contribution in [0.15, 0.2) is 58.4 Å². The Morgan fingerprint density at radius 1 is 1.22 bits per heavy atom. The second-order valence-corrected chi connectivity index (χ2v) is 8.32. The molecule has 32 heavy (non-hydrogen) atoms. The summed E-state index contributed by atoms with van der Waals surface area (Å²) in [7, 11) is 1.34. The van der Waals surface area contributed by atoms with Gasteiger partial charge in [0.25, 0.3) is 5.91 Å². The van der Waals surface area contributed by atoms with E-state index in [0.29, 0.717) is 0 Å². The molecule has 0 spiro atoms. The van der Waals surface area contributed by atoms with Crippen LogP contribution in [0.3, 0.4) is 0 Å². The number of Topliss-reactive ketones (excluding diaryl/α,β-unsaturated/α-hetero) is 2. The number of hydrogen-bond acceptors (Lipinski definition) is 10. The molecule has 0 saturated heterocycles. The Morgan fingerprint density at radius 2 is 1.81 bits per heavy atom. The highest BCUT2D eigenvalue weighted by Crippen LogP contribution is 2.57. The van der Waals surface area contributed by atoms with Crippen molar-refractivity contribution in [3.05, 3.63) is 58.4 Å². The smallest absolute Gasteiger partial charge is 0.255 e. The van der Waals surface area contributed by atoms with Crippen LogP contribution in [0, 0.1) is 11.3 Å². The molecule has 0 aromatic carbocycles. The summed E-state index contributed by atoms with van der Waals surface area (Å²) in [5.74, 6) is -7.60. The molecule has 0 aliphatic heterocycles. The van der Waals surface area contributed by atoms with E-state index < -0.39 is 68.9 Å². The molecule has 0 saturated carbocycles. The van der Waals surface area contributed by atoms with Crippen molar-refractivity contribution in [1.29, 1.82) is 0 Å². The van der Waals surface area contributed by atoms with Gasteiger partial charge < -0.3 is 42.4 Å². The number of rotatable bonds is 5. The van der Waals surface area contributed by atoms with Gasteiger partial charge >= 0.3 is 0 Å². The minimum Gasteiger partial charge on any atom is -0.510 e. The number of methoxy groups -OCH3 is 1. The predicted octanol–water partition coefficient (Wildman–Crippen LogP) is -0.797. The molecule has 0 heterocycles. The van der Waals surface area contributed by atoms with E-state index in [0.717, 1.165) is 0 Å². The second-order valence-electron chi connectivity index (χ2n) is 8.32. The maximum absolute atomic E-state index is 13.4. The molecule has 0 unspecified atom stereocenters. The molecule has 0 aromatic rings. The largest absolute Gasteiger partial charge is 0.510 e. The van der Waals surface area contributed by atoms with E-state index in [1.165, 1.54) is 7.11 Å². The highest BCUT2D eigenvalue weighted by atomic mass is 16.5. The van der Waals surface area contributed by atoms with Gasteiger partial charge in [0, 0.05) is 24.1 Å². The third-order valence-electron chi connectivity index (χ3n) is 6.47. The summed E-state index contributed by atoms with van der Waals surface area (Å²) >= 11 is 0. The van der Waals surface area contributed by atoms with E-state index in [2.05, 4.69) is 13.2 Å². The normalized spacial score (nSPS) is 32.6. The lowest BCUT2D eigenvalue weighted by atomic mass is 9.53. The Bertz CT molecular complexity index is 1080. The van der Waals surface area contributed by atoms with E-state index in [1.54, 1.807) is 0 Å². The summed E-state index contributed by atoms with van der Waals surface area (Å²) in [6.45, 7) is 6.80. The average Bonchev–Trinajstić information content (AvgIpc) is 2.68. The molecule has 3 rings (SSSR count). The van der Waals surface area contributed by atoms with Gasteiger partial charge in [-0.2, -0.15) is 0 Å². The van der Waals surface area contributed by atoms with Crippen LogP contribution >= 0.6 is 0 Å². The highest BCUT2D eigenvalue weighted by molar-refractivity contribution is 6.24. The molecule has 172 valence electrons. The maximum Gasteiger partial charge on any atom is 0.255 e. The van der Waals surface area contributed by atoms with Gasteiger partial charge in [0.05, 0.1) is 23.8 Å². The number of nitrogens with two attached hydrogens (primary N) is 3. The van der Waals surface area contributed by atoms with Crippen molar-refractivity contribution in [2.75, 3.05) is 13.7 Å². The Morgan fingerprint density at radius 3 is 2.28 bits per heavy atom.